The molecule has 0 saturated carbocycles. The van der Waals surface area contributed by atoms with Crippen molar-refractivity contribution in [2.45, 2.75) is 38.3 Å². The van der Waals surface area contributed by atoms with Gasteiger partial charge in [0.15, 0.2) is 0 Å². The second-order valence-electron chi connectivity index (χ2n) is 5.83. The molecular formula is C13H27N3. The number of nitrogens with one attached hydrogen (secondary N) is 1. The molecule has 0 aromatic rings. The van der Waals surface area contributed by atoms with Gasteiger partial charge in [0, 0.05) is 25.2 Å². The standard InChI is InChI=1S/C13H27N3/c1-11-6-7-14-9-13(11)16-8-4-5-12(16)10-15(2)3/h11-14H,4-10H2,1-3H3. The van der Waals surface area contributed by atoms with Crippen LogP contribution in [0.2, 0.25) is 0 Å². The number of likely N-dealkylation sites (tertiary alicyclic amines) is 1. The summed E-state index contributed by atoms with van der Waals surface area (Å²) < 4.78 is 0. The van der Waals surface area contributed by atoms with Gasteiger partial charge in [-0.2, -0.15) is 0 Å². The number of hydrogen-bond donors (Lipinski definition) is 1. The van der Waals surface area contributed by atoms with E-state index in [4.69, 9.17) is 0 Å². The summed E-state index contributed by atoms with van der Waals surface area (Å²) in [4.78, 5) is 5.11. The molecule has 2 saturated heterocycles. The highest BCUT2D eigenvalue weighted by atomic mass is 15.3. The van der Waals surface area contributed by atoms with Crippen molar-refractivity contribution in [3.05, 3.63) is 0 Å². The smallest absolute Gasteiger partial charge is 0.0250 e. The second kappa shape index (κ2) is 5.48. The molecule has 0 aromatic carbocycles. The molecule has 3 nitrogen and oxygen atoms in total. The number of piperidine rings is 1. The zero-order valence-electron chi connectivity index (χ0n) is 11.1. The maximum Gasteiger partial charge on any atom is 0.0250 e. The van der Waals surface area contributed by atoms with E-state index in [-0.39, 0.29) is 0 Å². The molecule has 3 heteroatoms. The van der Waals surface area contributed by atoms with E-state index in [9.17, 15) is 0 Å². The van der Waals surface area contributed by atoms with E-state index < -0.39 is 0 Å². The fourth-order valence-corrected chi connectivity index (χ4v) is 3.33. The van der Waals surface area contributed by atoms with Crippen LogP contribution in [0.4, 0.5) is 0 Å². The van der Waals surface area contributed by atoms with E-state index in [1.807, 2.05) is 0 Å². The lowest BCUT2D eigenvalue weighted by Gasteiger charge is -2.40. The molecule has 3 atom stereocenters. The molecule has 1 N–H and O–H groups in total. The van der Waals surface area contributed by atoms with Crippen molar-refractivity contribution < 1.29 is 0 Å². The Morgan fingerprint density at radius 1 is 1.31 bits per heavy atom. The molecule has 2 aliphatic rings. The first-order chi connectivity index (χ1) is 7.68. The van der Waals surface area contributed by atoms with Crippen molar-refractivity contribution in [2.75, 3.05) is 40.3 Å². The Balaban J connectivity index is 1.95. The molecule has 3 unspecified atom stereocenters. The average molecular weight is 225 g/mol. The van der Waals surface area contributed by atoms with E-state index in [1.54, 1.807) is 0 Å². The van der Waals surface area contributed by atoms with Crippen molar-refractivity contribution in [1.82, 2.24) is 15.1 Å². The van der Waals surface area contributed by atoms with Gasteiger partial charge in [0.25, 0.3) is 0 Å². The van der Waals surface area contributed by atoms with Crippen LogP contribution in [0.3, 0.4) is 0 Å². The number of likely N-dealkylation sites (N-methyl/N-ethyl adjacent to an activating group) is 1. The van der Waals surface area contributed by atoms with E-state index in [0.717, 1.165) is 18.0 Å². The predicted octanol–water partition coefficient (Wildman–Crippen LogP) is 1.01. The Morgan fingerprint density at radius 2 is 2.12 bits per heavy atom. The Morgan fingerprint density at radius 3 is 2.81 bits per heavy atom. The van der Waals surface area contributed by atoms with Gasteiger partial charge >= 0.3 is 0 Å². The normalized spacial score (nSPS) is 37.1. The van der Waals surface area contributed by atoms with Gasteiger partial charge in [0.05, 0.1) is 0 Å². The van der Waals surface area contributed by atoms with E-state index in [2.05, 4.69) is 36.1 Å². The van der Waals surface area contributed by atoms with E-state index >= 15 is 0 Å². The lowest BCUT2D eigenvalue weighted by Crippen LogP contribution is -2.53. The second-order valence-corrected chi connectivity index (χ2v) is 5.83. The summed E-state index contributed by atoms with van der Waals surface area (Å²) >= 11 is 0. The van der Waals surface area contributed by atoms with Gasteiger partial charge in [0.1, 0.15) is 0 Å². The molecule has 2 rings (SSSR count). The predicted molar refractivity (Wildman–Crippen MR) is 68.7 cm³/mol. The van der Waals surface area contributed by atoms with Gasteiger partial charge < -0.3 is 10.2 Å². The monoisotopic (exact) mass is 225 g/mol. The maximum absolute atomic E-state index is 3.56. The Labute approximate surface area is 100 Å². The van der Waals surface area contributed by atoms with Crippen molar-refractivity contribution in [2.24, 2.45) is 5.92 Å². The van der Waals surface area contributed by atoms with Crippen LogP contribution in [0.15, 0.2) is 0 Å². The van der Waals surface area contributed by atoms with Crippen LogP contribution in [0.5, 0.6) is 0 Å². The third-order valence-corrected chi connectivity index (χ3v) is 4.21. The Hall–Kier alpha value is -0.120. The molecule has 0 amide bonds. The fraction of sp³-hybridized carbons (Fsp3) is 1.00. The summed E-state index contributed by atoms with van der Waals surface area (Å²) in [5.41, 5.74) is 0. The minimum absolute atomic E-state index is 0.779. The lowest BCUT2D eigenvalue weighted by atomic mass is 9.93. The first kappa shape index (κ1) is 12.3. The zero-order valence-corrected chi connectivity index (χ0v) is 11.1. The fourth-order valence-electron chi connectivity index (χ4n) is 3.33. The van der Waals surface area contributed by atoms with E-state index in [0.29, 0.717) is 0 Å². The number of hydrogen-bond acceptors (Lipinski definition) is 3. The summed E-state index contributed by atoms with van der Waals surface area (Å²) in [6, 6.07) is 1.57. The summed E-state index contributed by atoms with van der Waals surface area (Å²) in [7, 11) is 4.39. The van der Waals surface area contributed by atoms with Crippen LogP contribution in [0.1, 0.15) is 26.2 Å². The largest absolute Gasteiger partial charge is 0.315 e. The minimum Gasteiger partial charge on any atom is -0.315 e. The lowest BCUT2D eigenvalue weighted by molar-refractivity contribution is 0.0963. The Bertz CT molecular complexity index is 217. The van der Waals surface area contributed by atoms with Crippen LogP contribution in [0, 0.1) is 5.92 Å². The first-order valence-electron chi connectivity index (χ1n) is 6.79. The maximum atomic E-state index is 3.56. The Kier molecular flexibility index (Phi) is 4.22. The number of nitrogens with zero attached hydrogens (tertiary/aromatic N) is 2. The van der Waals surface area contributed by atoms with E-state index in [1.165, 1.54) is 45.4 Å². The van der Waals surface area contributed by atoms with Gasteiger partial charge in [-0.25, -0.2) is 0 Å². The van der Waals surface area contributed by atoms with Crippen molar-refractivity contribution >= 4 is 0 Å². The molecule has 0 bridgehead atoms. The highest BCUT2D eigenvalue weighted by molar-refractivity contribution is 4.91. The van der Waals surface area contributed by atoms with Crippen LogP contribution in [-0.4, -0.2) is 62.2 Å². The van der Waals surface area contributed by atoms with Crippen molar-refractivity contribution in [3.63, 3.8) is 0 Å². The van der Waals surface area contributed by atoms with Crippen LogP contribution >= 0.6 is 0 Å². The summed E-state index contributed by atoms with van der Waals surface area (Å²) in [5, 5.41) is 3.56. The molecule has 2 fully saturated rings. The number of rotatable bonds is 3. The third-order valence-electron chi connectivity index (χ3n) is 4.21. The topological polar surface area (TPSA) is 18.5 Å². The summed E-state index contributed by atoms with van der Waals surface area (Å²) in [5.74, 6) is 0.865. The molecule has 16 heavy (non-hydrogen) atoms. The highest BCUT2D eigenvalue weighted by Gasteiger charge is 2.34. The summed E-state index contributed by atoms with van der Waals surface area (Å²) in [6.07, 6.45) is 4.12. The summed E-state index contributed by atoms with van der Waals surface area (Å²) in [6.45, 7) is 7.38. The van der Waals surface area contributed by atoms with Gasteiger partial charge in [-0.15, -0.1) is 0 Å². The zero-order chi connectivity index (χ0) is 11.5. The third kappa shape index (κ3) is 2.76. The molecule has 0 aliphatic carbocycles. The van der Waals surface area contributed by atoms with Gasteiger partial charge in [-0.05, 0) is 52.4 Å². The molecule has 0 radical (unpaired) electrons. The van der Waals surface area contributed by atoms with Gasteiger partial charge in [-0.1, -0.05) is 6.92 Å². The molecule has 0 spiro atoms. The van der Waals surface area contributed by atoms with Gasteiger partial charge in [-0.3, -0.25) is 4.90 Å². The quantitative estimate of drug-likeness (QED) is 0.773. The van der Waals surface area contributed by atoms with Crippen LogP contribution in [0.25, 0.3) is 0 Å². The molecular weight excluding hydrogens is 198 g/mol. The first-order valence-corrected chi connectivity index (χ1v) is 6.79. The average Bonchev–Trinajstić information content (AvgIpc) is 2.66. The van der Waals surface area contributed by atoms with Crippen molar-refractivity contribution in [1.29, 1.82) is 0 Å². The molecule has 2 aliphatic heterocycles. The highest BCUT2D eigenvalue weighted by Crippen LogP contribution is 2.26. The molecule has 2 heterocycles. The van der Waals surface area contributed by atoms with Gasteiger partial charge in [0.2, 0.25) is 0 Å². The van der Waals surface area contributed by atoms with Crippen LogP contribution < -0.4 is 5.32 Å². The van der Waals surface area contributed by atoms with Crippen LogP contribution in [-0.2, 0) is 0 Å². The molecule has 94 valence electrons. The molecule has 0 aromatic heterocycles. The minimum atomic E-state index is 0.779. The van der Waals surface area contributed by atoms with Crippen molar-refractivity contribution in [3.8, 4) is 0 Å². The SMILES string of the molecule is CC1CCNCC1N1CCCC1CN(C)C.